The van der Waals surface area contributed by atoms with Crippen molar-refractivity contribution in [2.75, 3.05) is 39.3 Å². The standard InChI is InChI=1S/C23H39N5O2/c1-2-24-23(26-13-12-25-22(29)17-19-9-4-3-5-10-19)27-18-20(21-11-8-16-30-21)28-14-6-7-15-28/h8,11,16,19-20H,2-7,9-10,12-15,17-18H2,1H3,(H,25,29)(H2,24,26,27). The van der Waals surface area contributed by atoms with Gasteiger partial charge in [0.05, 0.1) is 18.8 Å². The lowest BCUT2D eigenvalue weighted by Gasteiger charge is -2.24. The van der Waals surface area contributed by atoms with Crippen molar-refractivity contribution in [2.24, 2.45) is 10.9 Å². The lowest BCUT2D eigenvalue weighted by molar-refractivity contribution is -0.122. The van der Waals surface area contributed by atoms with Gasteiger partial charge in [0.25, 0.3) is 0 Å². The normalized spacial score (nSPS) is 19.6. The second kappa shape index (κ2) is 12.6. The fraction of sp³-hybridized carbons (Fsp3) is 0.739. The van der Waals surface area contributed by atoms with Crippen molar-refractivity contribution in [3.8, 4) is 0 Å². The molecule has 7 heteroatoms. The van der Waals surface area contributed by atoms with E-state index in [1.165, 1.54) is 44.9 Å². The Kier molecular flexibility index (Phi) is 9.54. The van der Waals surface area contributed by atoms with Crippen LogP contribution < -0.4 is 16.0 Å². The molecule has 7 nitrogen and oxygen atoms in total. The average molecular weight is 418 g/mol. The van der Waals surface area contributed by atoms with E-state index in [-0.39, 0.29) is 11.9 Å². The van der Waals surface area contributed by atoms with E-state index in [1.807, 2.05) is 12.1 Å². The zero-order valence-electron chi connectivity index (χ0n) is 18.5. The molecule has 0 radical (unpaired) electrons. The van der Waals surface area contributed by atoms with Crippen LogP contribution in [-0.4, -0.2) is 56.0 Å². The monoisotopic (exact) mass is 417 g/mol. The van der Waals surface area contributed by atoms with Gasteiger partial charge in [0.1, 0.15) is 5.76 Å². The van der Waals surface area contributed by atoms with Crippen LogP contribution >= 0.6 is 0 Å². The number of furan rings is 1. The van der Waals surface area contributed by atoms with Gasteiger partial charge in [-0.05, 0) is 63.7 Å². The number of nitrogens with one attached hydrogen (secondary N) is 3. The zero-order chi connectivity index (χ0) is 21.0. The zero-order valence-corrected chi connectivity index (χ0v) is 18.5. The van der Waals surface area contributed by atoms with Crippen LogP contribution in [-0.2, 0) is 4.79 Å². The molecule has 1 unspecified atom stereocenters. The van der Waals surface area contributed by atoms with Crippen LogP contribution in [0.5, 0.6) is 0 Å². The number of nitrogens with zero attached hydrogens (tertiary/aromatic N) is 2. The Labute approximate surface area is 181 Å². The number of hydrogen-bond acceptors (Lipinski definition) is 4. The summed E-state index contributed by atoms with van der Waals surface area (Å²) < 4.78 is 5.69. The summed E-state index contributed by atoms with van der Waals surface area (Å²) in [4.78, 5) is 19.4. The molecule has 1 saturated heterocycles. The van der Waals surface area contributed by atoms with Crippen LogP contribution in [0.2, 0.25) is 0 Å². The summed E-state index contributed by atoms with van der Waals surface area (Å²) in [5.41, 5.74) is 0. The molecule has 0 bridgehead atoms. The Balaban J connectivity index is 1.43. The van der Waals surface area contributed by atoms with Crippen molar-refractivity contribution in [3.63, 3.8) is 0 Å². The van der Waals surface area contributed by atoms with Crippen molar-refractivity contribution in [3.05, 3.63) is 24.2 Å². The fourth-order valence-corrected chi connectivity index (χ4v) is 4.55. The van der Waals surface area contributed by atoms with Crippen molar-refractivity contribution in [2.45, 2.75) is 64.3 Å². The molecule has 2 heterocycles. The van der Waals surface area contributed by atoms with Gasteiger partial charge < -0.3 is 20.4 Å². The molecule has 2 aliphatic rings. The molecule has 0 aromatic carbocycles. The van der Waals surface area contributed by atoms with Crippen LogP contribution in [0.25, 0.3) is 0 Å². The van der Waals surface area contributed by atoms with Gasteiger partial charge in [0.15, 0.2) is 5.96 Å². The molecule has 3 rings (SSSR count). The molecular formula is C23H39N5O2. The summed E-state index contributed by atoms with van der Waals surface area (Å²) in [5.74, 6) is 2.52. The van der Waals surface area contributed by atoms with Crippen molar-refractivity contribution >= 4 is 11.9 Å². The van der Waals surface area contributed by atoms with Gasteiger partial charge in [0, 0.05) is 26.1 Å². The summed E-state index contributed by atoms with van der Waals surface area (Å²) in [6.45, 7) is 6.98. The Hall–Kier alpha value is -2.02. The van der Waals surface area contributed by atoms with Gasteiger partial charge in [0.2, 0.25) is 5.91 Å². The van der Waals surface area contributed by atoms with Crippen LogP contribution in [0.1, 0.15) is 70.1 Å². The molecule has 1 aromatic heterocycles. The summed E-state index contributed by atoms with van der Waals surface area (Å²) in [6.07, 6.45) is 11.2. The molecular weight excluding hydrogens is 378 g/mol. The van der Waals surface area contributed by atoms with Crippen molar-refractivity contribution in [1.29, 1.82) is 0 Å². The highest BCUT2D eigenvalue weighted by atomic mass is 16.3. The molecule has 1 aliphatic heterocycles. The maximum atomic E-state index is 12.2. The third-order valence-electron chi connectivity index (χ3n) is 6.16. The maximum absolute atomic E-state index is 12.2. The summed E-state index contributed by atoms with van der Waals surface area (Å²) in [7, 11) is 0. The Bertz CT molecular complexity index is 634. The van der Waals surface area contributed by atoms with Gasteiger partial charge >= 0.3 is 0 Å². The maximum Gasteiger partial charge on any atom is 0.220 e. The van der Waals surface area contributed by atoms with Gasteiger partial charge in [-0.15, -0.1) is 0 Å². The Morgan fingerprint density at radius 3 is 2.60 bits per heavy atom. The summed E-state index contributed by atoms with van der Waals surface area (Å²) >= 11 is 0. The number of hydrogen-bond donors (Lipinski definition) is 3. The number of likely N-dealkylation sites (tertiary alicyclic amines) is 1. The number of rotatable bonds is 10. The number of guanidine groups is 1. The highest BCUT2D eigenvalue weighted by molar-refractivity contribution is 5.80. The van der Waals surface area contributed by atoms with Crippen LogP contribution in [0.15, 0.2) is 27.8 Å². The quantitative estimate of drug-likeness (QED) is 0.310. The molecule has 1 saturated carbocycles. The molecule has 3 N–H and O–H groups in total. The number of carbonyl (C=O) groups is 1. The summed E-state index contributed by atoms with van der Waals surface area (Å²) in [5, 5.41) is 9.70. The summed E-state index contributed by atoms with van der Waals surface area (Å²) in [6, 6.07) is 4.16. The minimum absolute atomic E-state index is 0.174. The van der Waals surface area contributed by atoms with Crippen LogP contribution in [0, 0.1) is 5.92 Å². The first-order valence-corrected chi connectivity index (χ1v) is 11.8. The molecule has 2 fully saturated rings. The largest absolute Gasteiger partial charge is 0.468 e. The van der Waals surface area contributed by atoms with Gasteiger partial charge in [-0.3, -0.25) is 14.7 Å². The number of amides is 1. The molecule has 1 aromatic rings. The first kappa shape index (κ1) is 22.7. The molecule has 1 amide bonds. The molecule has 1 atom stereocenters. The lowest BCUT2D eigenvalue weighted by atomic mass is 9.87. The predicted molar refractivity (Wildman–Crippen MR) is 120 cm³/mol. The molecule has 1 aliphatic carbocycles. The van der Waals surface area contributed by atoms with E-state index < -0.39 is 0 Å². The molecule has 30 heavy (non-hydrogen) atoms. The van der Waals surface area contributed by atoms with E-state index in [0.717, 1.165) is 31.4 Å². The van der Waals surface area contributed by atoms with Crippen molar-refractivity contribution in [1.82, 2.24) is 20.9 Å². The highest BCUT2D eigenvalue weighted by Gasteiger charge is 2.25. The van der Waals surface area contributed by atoms with E-state index in [0.29, 0.717) is 32.0 Å². The van der Waals surface area contributed by atoms with E-state index in [2.05, 4.69) is 27.8 Å². The van der Waals surface area contributed by atoms with Crippen LogP contribution in [0.3, 0.4) is 0 Å². The lowest BCUT2D eigenvalue weighted by Crippen LogP contribution is -2.42. The minimum atomic E-state index is 0.174. The van der Waals surface area contributed by atoms with E-state index in [1.54, 1.807) is 6.26 Å². The minimum Gasteiger partial charge on any atom is -0.468 e. The second-order valence-corrected chi connectivity index (χ2v) is 8.48. The first-order chi connectivity index (χ1) is 14.8. The molecule has 0 spiro atoms. The number of carbonyl (C=O) groups excluding carboxylic acids is 1. The second-order valence-electron chi connectivity index (χ2n) is 8.48. The third-order valence-corrected chi connectivity index (χ3v) is 6.16. The van der Waals surface area contributed by atoms with Gasteiger partial charge in [-0.25, -0.2) is 0 Å². The third kappa shape index (κ3) is 7.35. The first-order valence-electron chi connectivity index (χ1n) is 11.8. The van der Waals surface area contributed by atoms with Crippen molar-refractivity contribution < 1.29 is 9.21 Å². The van der Waals surface area contributed by atoms with Gasteiger partial charge in [-0.1, -0.05) is 19.3 Å². The smallest absolute Gasteiger partial charge is 0.220 e. The van der Waals surface area contributed by atoms with E-state index >= 15 is 0 Å². The Morgan fingerprint density at radius 1 is 1.13 bits per heavy atom. The molecule has 168 valence electrons. The number of aliphatic imine (C=N–C) groups is 1. The average Bonchev–Trinajstić information content (AvgIpc) is 3.47. The fourth-order valence-electron chi connectivity index (χ4n) is 4.55. The highest BCUT2D eigenvalue weighted by Crippen LogP contribution is 2.26. The Morgan fingerprint density at radius 2 is 1.90 bits per heavy atom. The predicted octanol–water partition coefficient (Wildman–Crippen LogP) is 3.06. The van der Waals surface area contributed by atoms with E-state index in [9.17, 15) is 4.79 Å². The topological polar surface area (TPSA) is 81.9 Å². The van der Waals surface area contributed by atoms with E-state index in [4.69, 9.17) is 9.41 Å². The SMILES string of the molecule is CCNC(=NCC(c1ccco1)N1CCCC1)NCCNC(=O)CC1CCCCC1. The van der Waals surface area contributed by atoms with Crippen LogP contribution in [0.4, 0.5) is 0 Å². The van der Waals surface area contributed by atoms with Gasteiger partial charge in [-0.2, -0.15) is 0 Å².